The van der Waals surface area contributed by atoms with E-state index >= 15 is 0 Å². The van der Waals surface area contributed by atoms with Gasteiger partial charge in [0.1, 0.15) is 0 Å². The number of nitrogens with one attached hydrogen (secondary N) is 1. The third-order valence-electron chi connectivity index (χ3n) is 3.22. The minimum absolute atomic E-state index is 0.0200. The summed E-state index contributed by atoms with van der Waals surface area (Å²) in [6, 6.07) is 8.66. The van der Waals surface area contributed by atoms with Crippen molar-refractivity contribution < 1.29 is 23.1 Å². The van der Waals surface area contributed by atoms with Crippen molar-refractivity contribution in [1.82, 2.24) is 10.2 Å². The van der Waals surface area contributed by atoms with E-state index in [9.17, 15) is 4.79 Å². The van der Waals surface area contributed by atoms with Crippen LogP contribution in [0.3, 0.4) is 0 Å². The number of carbonyl (C=O) groups is 1. The monoisotopic (exact) mass is 341 g/mol. The van der Waals surface area contributed by atoms with Gasteiger partial charge >= 0.3 is 6.01 Å². The Labute approximate surface area is 143 Å². The van der Waals surface area contributed by atoms with Gasteiger partial charge in [-0.3, -0.25) is 10.1 Å². The lowest BCUT2D eigenvalue weighted by molar-refractivity contribution is -0.112. The first-order valence-corrected chi connectivity index (χ1v) is 7.28. The number of hydrogen-bond acceptors (Lipinski definition) is 7. The van der Waals surface area contributed by atoms with E-state index in [1.807, 2.05) is 0 Å². The van der Waals surface area contributed by atoms with Gasteiger partial charge < -0.3 is 18.3 Å². The molecule has 0 spiro atoms. The summed E-state index contributed by atoms with van der Waals surface area (Å²) in [6.07, 6.45) is 4.46. The SMILES string of the molecule is COc1ccc(/C=C/C(=O)Nc2nnc(-c3ccco3)o2)cc1OC. The van der Waals surface area contributed by atoms with Crippen LogP contribution in [0, 0.1) is 0 Å². The normalized spacial score (nSPS) is 10.8. The van der Waals surface area contributed by atoms with Gasteiger partial charge in [0.25, 0.3) is 11.8 Å². The van der Waals surface area contributed by atoms with Gasteiger partial charge in [0, 0.05) is 6.08 Å². The molecule has 0 aliphatic rings. The first-order valence-electron chi connectivity index (χ1n) is 7.28. The van der Waals surface area contributed by atoms with Crippen molar-refractivity contribution in [1.29, 1.82) is 0 Å². The fourth-order valence-corrected chi connectivity index (χ4v) is 2.05. The van der Waals surface area contributed by atoms with E-state index in [1.165, 1.54) is 12.3 Å². The third kappa shape index (κ3) is 3.86. The van der Waals surface area contributed by atoms with Gasteiger partial charge in [-0.05, 0) is 35.9 Å². The summed E-state index contributed by atoms with van der Waals surface area (Å²) >= 11 is 0. The van der Waals surface area contributed by atoms with Crippen molar-refractivity contribution in [3.8, 4) is 23.1 Å². The smallest absolute Gasteiger partial charge is 0.322 e. The van der Waals surface area contributed by atoms with Crippen molar-refractivity contribution in [3.63, 3.8) is 0 Å². The van der Waals surface area contributed by atoms with E-state index in [0.29, 0.717) is 17.3 Å². The van der Waals surface area contributed by atoms with Crippen LogP contribution >= 0.6 is 0 Å². The zero-order valence-electron chi connectivity index (χ0n) is 13.6. The van der Waals surface area contributed by atoms with Crippen LogP contribution < -0.4 is 14.8 Å². The molecule has 1 amide bonds. The average molecular weight is 341 g/mol. The van der Waals surface area contributed by atoms with Crippen LogP contribution in [0.2, 0.25) is 0 Å². The molecule has 0 aliphatic carbocycles. The second kappa shape index (κ2) is 7.35. The quantitative estimate of drug-likeness (QED) is 0.688. The number of aromatic nitrogens is 2. The molecule has 2 heterocycles. The van der Waals surface area contributed by atoms with Crippen LogP contribution in [0.1, 0.15) is 5.56 Å². The molecule has 0 saturated heterocycles. The van der Waals surface area contributed by atoms with E-state index in [4.69, 9.17) is 18.3 Å². The zero-order chi connectivity index (χ0) is 17.6. The molecule has 3 aromatic rings. The number of benzene rings is 1. The highest BCUT2D eigenvalue weighted by atomic mass is 16.5. The number of hydrogen-bond donors (Lipinski definition) is 1. The number of carbonyl (C=O) groups excluding carboxylic acids is 1. The number of amides is 1. The molecule has 1 aromatic carbocycles. The van der Waals surface area contributed by atoms with Crippen LogP contribution in [0.15, 0.2) is 51.5 Å². The van der Waals surface area contributed by atoms with Crippen LogP contribution in [0.25, 0.3) is 17.7 Å². The Morgan fingerprint density at radius 2 is 2.00 bits per heavy atom. The second-order valence-electron chi connectivity index (χ2n) is 4.83. The van der Waals surface area contributed by atoms with Gasteiger partial charge in [-0.25, -0.2) is 0 Å². The second-order valence-corrected chi connectivity index (χ2v) is 4.83. The average Bonchev–Trinajstić information content (AvgIpc) is 3.31. The molecule has 0 aliphatic heterocycles. The molecule has 25 heavy (non-hydrogen) atoms. The van der Waals surface area contributed by atoms with Crippen molar-refractivity contribution in [2.24, 2.45) is 0 Å². The Morgan fingerprint density at radius 1 is 1.16 bits per heavy atom. The summed E-state index contributed by atoms with van der Waals surface area (Å²) in [6.45, 7) is 0. The maximum Gasteiger partial charge on any atom is 0.322 e. The number of rotatable bonds is 6. The molecule has 8 nitrogen and oxygen atoms in total. The summed E-state index contributed by atoms with van der Waals surface area (Å²) in [5.74, 6) is 1.38. The molecule has 128 valence electrons. The number of nitrogens with zero attached hydrogens (tertiary/aromatic N) is 2. The Morgan fingerprint density at radius 3 is 2.72 bits per heavy atom. The lowest BCUT2D eigenvalue weighted by atomic mass is 10.2. The summed E-state index contributed by atoms with van der Waals surface area (Å²) in [5.41, 5.74) is 0.773. The predicted octanol–water partition coefficient (Wildman–Crippen LogP) is 3.00. The Hall–Kier alpha value is -3.55. The number of anilines is 1. The van der Waals surface area contributed by atoms with Gasteiger partial charge in [0.15, 0.2) is 17.3 Å². The Kier molecular flexibility index (Phi) is 4.79. The van der Waals surface area contributed by atoms with Crippen molar-refractivity contribution in [2.75, 3.05) is 19.5 Å². The topological polar surface area (TPSA) is 99.6 Å². The Balaban J connectivity index is 1.65. The van der Waals surface area contributed by atoms with Crippen molar-refractivity contribution in [3.05, 3.63) is 48.2 Å². The first kappa shape index (κ1) is 16.3. The van der Waals surface area contributed by atoms with E-state index in [1.54, 1.807) is 50.6 Å². The van der Waals surface area contributed by atoms with Crippen LogP contribution in [0.4, 0.5) is 6.01 Å². The zero-order valence-corrected chi connectivity index (χ0v) is 13.6. The van der Waals surface area contributed by atoms with Gasteiger partial charge in [0.2, 0.25) is 0 Å². The van der Waals surface area contributed by atoms with Crippen LogP contribution in [-0.2, 0) is 4.79 Å². The molecular formula is C17H15N3O5. The molecule has 0 fully saturated rings. The maximum atomic E-state index is 12.0. The fourth-order valence-electron chi connectivity index (χ4n) is 2.05. The van der Waals surface area contributed by atoms with Crippen LogP contribution in [0.5, 0.6) is 11.5 Å². The lowest BCUT2D eigenvalue weighted by Gasteiger charge is -2.07. The van der Waals surface area contributed by atoms with Gasteiger partial charge in [0.05, 0.1) is 20.5 Å². The highest BCUT2D eigenvalue weighted by Gasteiger charge is 2.12. The standard InChI is InChI=1S/C17H15N3O5/c1-22-12-7-5-11(10-14(12)23-2)6-8-15(21)18-17-20-19-16(25-17)13-4-3-9-24-13/h3-10H,1-2H3,(H,18,20,21)/b8-6+. The molecular weight excluding hydrogens is 326 g/mol. The number of ether oxygens (including phenoxy) is 2. The summed E-state index contributed by atoms with van der Waals surface area (Å²) < 4.78 is 20.8. The summed E-state index contributed by atoms with van der Waals surface area (Å²) in [4.78, 5) is 12.0. The molecule has 1 N–H and O–H groups in total. The Bertz CT molecular complexity index is 884. The molecule has 3 rings (SSSR count). The summed E-state index contributed by atoms with van der Waals surface area (Å²) in [7, 11) is 3.10. The van der Waals surface area contributed by atoms with E-state index in [-0.39, 0.29) is 11.9 Å². The van der Waals surface area contributed by atoms with E-state index in [2.05, 4.69) is 15.5 Å². The van der Waals surface area contributed by atoms with Gasteiger partial charge in [-0.15, -0.1) is 5.10 Å². The highest BCUT2D eigenvalue weighted by molar-refractivity contribution is 6.00. The van der Waals surface area contributed by atoms with E-state index < -0.39 is 5.91 Å². The van der Waals surface area contributed by atoms with Gasteiger partial charge in [-0.2, -0.15) is 0 Å². The molecule has 0 bridgehead atoms. The van der Waals surface area contributed by atoms with Gasteiger partial charge in [-0.1, -0.05) is 11.2 Å². The third-order valence-corrected chi connectivity index (χ3v) is 3.22. The minimum Gasteiger partial charge on any atom is -0.493 e. The molecule has 0 saturated carbocycles. The van der Waals surface area contributed by atoms with Crippen molar-refractivity contribution in [2.45, 2.75) is 0 Å². The number of methoxy groups -OCH3 is 2. The molecule has 2 aromatic heterocycles. The van der Waals surface area contributed by atoms with Crippen molar-refractivity contribution >= 4 is 18.0 Å². The lowest BCUT2D eigenvalue weighted by Crippen LogP contribution is -2.07. The molecule has 8 heteroatoms. The maximum absolute atomic E-state index is 12.0. The van der Waals surface area contributed by atoms with Crippen LogP contribution in [-0.4, -0.2) is 30.3 Å². The van der Waals surface area contributed by atoms with E-state index in [0.717, 1.165) is 5.56 Å². The fraction of sp³-hybridized carbons (Fsp3) is 0.118. The summed E-state index contributed by atoms with van der Waals surface area (Å²) in [5, 5.41) is 10.0. The molecule has 0 radical (unpaired) electrons. The highest BCUT2D eigenvalue weighted by Crippen LogP contribution is 2.28. The predicted molar refractivity (Wildman–Crippen MR) is 89.2 cm³/mol. The minimum atomic E-state index is -0.413. The molecule has 0 unspecified atom stereocenters. The molecule has 0 atom stereocenters. The number of furan rings is 1. The largest absolute Gasteiger partial charge is 0.493 e. The first-order chi connectivity index (χ1) is 12.2.